The van der Waals surface area contributed by atoms with Crippen molar-refractivity contribution in [1.29, 1.82) is 0 Å². The lowest BCUT2D eigenvalue weighted by Crippen LogP contribution is -2.55. The lowest BCUT2D eigenvalue weighted by molar-refractivity contribution is -0.0399. The number of furan rings is 1. The van der Waals surface area contributed by atoms with Gasteiger partial charge in [0.25, 0.3) is 0 Å². The van der Waals surface area contributed by atoms with Crippen LogP contribution in [0, 0.1) is 23.7 Å². The zero-order chi connectivity index (χ0) is 37.6. The van der Waals surface area contributed by atoms with Gasteiger partial charge in [-0.25, -0.2) is 0 Å². The van der Waals surface area contributed by atoms with Gasteiger partial charge < -0.3 is 9.32 Å². The zero-order valence-corrected chi connectivity index (χ0v) is 33.4. The van der Waals surface area contributed by atoms with E-state index >= 15 is 0 Å². The van der Waals surface area contributed by atoms with E-state index < -0.39 is 0 Å². The lowest BCUT2D eigenvalue weighted by Gasteiger charge is -2.61. The molecular weight excluding hydrogens is 691 g/mol. The molecule has 0 saturated heterocycles. The smallest absolute Gasteiger partial charge is 0.159 e. The number of fused-ring (bicyclic) bond motifs is 9. The van der Waals surface area contributed by atoms with Crippen molar-refractivity contribution in [2.24, 2.45) is 23.7 Å². The van der Waals surface area contributed by atoms with Crippen LogP contribution < -0.4 is 4.90 Å². The molecule has 5 saturated carbocycles. The third-order valence-corrected chi connectivity index (χ3v) is 16.4. The predicted molar refractivity (Wildman–Crippen MR) is 235 cm³/mol. The van der Waals surface area contributed by atoms with Crippen LogP contribution in [0.15, 0.2) is 126 Å². The number of hydrogen-bond acceptors (Lipinski definition) is 2. The number of hydrogen-bond donors (Lipinski definition) is 0. The molecule has 2 heteroatoms. The second kappa shape index (κ2) is 11.8. The normalized spacial score (nSPS) is 26.2. The molecule has 0 N–H and O–H groups in total. The van der Waals surface area contributed by atoms with E-state index in [1.165, 1.54) is 125 Å². The molecular formula is C55H51NO. The van der Waals surface area contributed by atoms with Crippen LogP contribution in [0.5, 0.6) is 0 Å². The van der Waals surface area contributed by atoms with E-state index in [-0.39, 0.29) is 10.8 Å². The summed E-state index contributed by atoms with van der Waals surface area (Å²) < 4.78 is 7.26. The van der Waals surface area contributed by atoms with Crippen LogP contribution >= 0.6 is 0 Å². The van der Waals surface area contributed by atoms with Gasteiger partial charge in [-0.15, -0.1) is 0 Å². The van der Waals surface area contributed by atoms with E-state index in [9.17, 15) is 0 Å². The molecule has 7 aliphatic rings. The summed E-state index contributed by atoms with van der Waals surface area (Å²) in [7, 11) is 0. The summed E-state index contributed by atoms with van der Waals surface area (Å²) in [6.45, 7) is 4.81. The van der Waals surface area contributed by atoms with Gasteiger partial charge in [0.2, 0.25) is 0 Å². The molecule has 5 fully saturated rings. The zero-order valence-electron chi connectivity index (χ0n) is 33.4. The number of anilines is 3. The van der Waals surface area contributed by atoms with Gasteiger partial charge in [0.05, 0.1) is 5.69 Å². The minimum atomic E-state index is -0.0993. The molecule has 2 nitrogen and oxygen atoms in total. The highest BCUT2D eigenvalue weighted by molar-refractivity contribution is 6.11. The molecule has 0 unspecified atom stereocenters. The van der Waals surface area contributed by atoms with Crippen LogP contribution in [0.1, 0.15) is 112 Å². The van der Waals surface area contributed by atoms with Crippen molar-refractivity contribution in [2.75, 3.05) is 4.90 Å². The molecule has 1 spiro atoms. The summed E-state index contributed by atoms with van der Waals surface area (Å²) in [5, 5.41) is 2.46. The van der Waals surface area contributed by atoms with Gasteiger partial charge in [-0.2, -0.15) is 0 Å². The molecule has 0 aliphatic heterocycles. The van der Waals surface area contributed by atoms with Crippen LogP contribution in [-0.4, -0.2) is 0 Å². The van der Waals surface area contributed by atoms with Gasteiger partial charge in [0.1, 0.15) is 5.58 Å². The Balaban J connectivity index is 1.05. The number of rotatable bonds is 4. The summed E-state index contributed by atoms with van der Waals surface area (Å²) in [5.74, 6) is 3.83. The Morgan fingerprint density at radius 3 is 1.81 bits per heavy atom. The second-order valence-corrected chi connectivity index (χ2v) is 19.5. The summed E-state index contributed by atoms with van der Waals surface area (Å²) in [4.78, 5) is 2.57. The molecule has 4 bridgehead atoms. The van der Waals surface area contributed by atoms with E-state index in [4.69, 9.17) is 4.42 Å². The first kappa shape index (κ1) is 32.9. The molecule has 7 aliphatic carbocycles. The minimum Gasteiger partial charge on any atom is -0.454 e. The first-order valence-electron chi connectivity index (χ1n) is 22.2. The van der Waals surface area contributed by atoms with E-state index in [1.807, 2.05) is 0 Å². The van der Waals surface area contributed by atoms with Crippen molar-refractivity contribution < 1.29 is 4.42 Å². The van der Waals surface area contributed by atoms with Gasteiger partial charge in [-0.05, 0) is 155 Å². The van der Waals surface area contributed by atoms with Gasteiger partial charge >= 0.3 is 0 Å². The molecule has 0 radical (unpaired) electrons. The van der Waals surface area contributed by atoms with Crippen LogP contribution in [-0.2, 0) is 10.8 Å². The third kappa shape index (κ3) is 4.37. The van der Waals surface area contributed by atoms with Gasteiger partial charge in [0.15, 0.2) is 5.58 Å². The summed E-state index contributed by atoms with van der Waals surface area (Å²) in [5.41, 5.74) is 18.7. The van der Waals surface area contributed by atoms with E-state index in [1.54, 1.807) is 11.1 Å². The monoisotopic (exact) mass is 741 g/mol. The van der Waals surface area contributed by atoms with Crippen LogP contribution in [0.3, 0.4) is 0 Å². The molecule has 6 aromatic carbocycles. The third-order valence-electron chi connectivity index (χ3n) is 16.4. The number of nitrogens with zero attached hydrogens (tertiary/aromatic N) is 1. The highest BCUT2D eigenvalue weighted by atomic mass is 16.3. The Morgan fingerprint density at radius 1 is 0.509 bits per heavy atom. The lowest BCUT2D eigenvalue weighted by atomic mass is 9.43. The Hall–Kier alpha value is -5.08. The fourth-order valence-corrected chi connectivity index (χ4v) is 14.3. The van der Waals surface area contributed by atoms with Crippen molar-refractivity contribution in [1.82, 2.24) is 0 Å². The van der Waals surface area contributed by atoms with Crippen molar-refractivity contribution in [3.05, 3.63) is 149 Å². The molecule has 14 rings (SSSR count). The molecule has 0 amide bonds. The highest BCUT2D eigenvalue weighted by Crippen LogP contribution is 2.69. The fraction of sp³-hybridized carbons (Fsp3) is 0.345. The topological polar surface area (TPSA) is 16.4 Å². The quantitative estimate of drug-likeness (QED) is 0.179. The Morgan fingerprint density at radius 2 is 1.09 bits per heavy atom. The second-order valence-electron chi connectivity index (χ2n) is 19.5. The highest BCUT2D eigenvalue weighted by Gasteiger charge is 2.61. The molecule has 1 heterocycles. The molecule has 57 heavy (non-hydrogen) atoms. The molecule has 1 aromatic heterocycles. The minimum absolute atomic E-state index is 0.0993. The van der Waals surface area contributed by atoms with Crippen LogP contribution in [0.25, 0.3) is 44.2 Å². The van der Waals surface area contributed by atoms with E-state index in [0.717, 1.165) is 40.5 Å². The van der Waals surface area contributed by atoms with Crippen molar-refractivity contribution in [3.8, 4) is 22.3 Å². The van der Waals surface area contributed by atoms with Gasteiger partial charge in [-0.3, -0.25) is 0 Å². The maximum Gasteiger partial charge on any atom is 0.159 e. The average molecular weight is 742 g/mol. The SMILES string of the molecule is CC1(C)c2ccccc2-c2ccc(N(c3ccc4c(c3)C3(c5ccccc5-4)C4CC5CC(C4)CC3C5)c3cccc4c3oc3c(C5CCCCC5)cccc34)cc21. The summed E-state index contributed by atoms with van der Waals surface area (Å²) in [6, 6.07) is 47.2. The Bertz CT molecular complexity index is 2760. The fourth-order valence-electron chi connectivity index (χ4n) is 14.3. The Labute approximate surface area is 336 Å². The van der Waals surface area contributed by atoms with E-state index in [0.29, 0.717) is 5.92 Å². The molecule has 0 atom stereocenters. The first-order chi connectivity index (χ1) is 28.0. The van der Waals surface area contributed by atoms with Gasteiger partial charge in [-0.1, -0.05) is 124 Å². The molecule has 282 valence electrons. The predicted octanol–water partition coefficient (Wildman–Crippen LogP) is 15.1. The van der Waals surface area contributed by atoms with Crippen molar-refractivity contribution >= 4 is 39.0 Å². The number of para-hydroxylation sites is 2. The van der Waals surface area contributed by atoms with Crippen molar-refractivity contribution in [2.45, 2.75) is 94.8 Å². The summed E-state index contributed by atoms with van der Waals surface area (Å²) in [6.07, 6.45) is 13.5. The average Bonchev–Trinajstić information content (AvgIpc) is 3.85. The standard InChI is InChI=1S/C55H51NO/c1-54(2)47-19-8-6-14-41(47)43-24-22-38(31-49(43)54)56(51-21-11-18-46-45-17-10-16-40(52(45)57-53(46)51)35-12-4-3-5-13-35)39-23-25-44-42-15-7-9-20-48(42)55(50(44)32-39)36-27-33-26-34(29-36)30-37(55)28-33/h6-11,14-25,31-37H,3-5,12-13,26-30H2,1-2H3. The maximum absolute atomic E-state index is 7.26. The van der Waals surface area contributed by atoms with E-state index in [2.05, 4.69) is 140 Å². The summed E-state index contributed by atoms with van der Waals surface area (Å²) >= 11 is 0. The molecule has 7 aromatic rings. The number of benzene rings is 6. The van der Waals surface area contributed by atoms with Gasteiger partial charge in [0, 0.05) is 33.0 Å². The van der Waals surface area contributed by atoms with Crippen LogP contribution in [0.4, 0.5) is 17.1 Å². The first-order valence-corrected chi connectivity index (χ1v) is 22.2. The maximum atomic E-state index is 7.26. The largest absolute Gasteiger partial charge is 0.454 e. The van der Waals surface area contributed by atoms with Crippen LogP contribution in [0.2, 0.25) is 0 Å². The Kier molecular flexibility index (Phi) is 6.79. The van der Waals surface area contributed by atoms with Crippen molar-refractivity contribution in [3.63, 3.8) is 0 Å².